The first-order chi connectivity index (χ1) is 10.4. The number of hydrogen-bond acceptors (Lipinski definition) is 3. The number of anilines is 2. The van der Waals surface area contributed by atoms with E-state index in [4.69, 9.17) is 0 Å². The van der Waals surface area contributed by atoms with Gasteiger partial charge < -0.3 is 10.3 Å². The molecule has 0 spiro atoms. The van der Waals surface area contributed by atoms with Gasteiger partial charge in [-0.1, -0.05) is 24.3 Å². The number of benzene rings is 2. The lowest BCUT2D eigenvalue weighted by atomic mass is 10.2. The highest BCUT2D eigenvalue weighted by Gasteiger charge is 2.03. The fourth-order valence-corrected chi connectivity index (χ4v) is 2.28. The summed E-state index contributed by atoms with van der Waals surface area (Å²) in [7, 11) is 0. The summed E-state index contributed by atoms with van der Waals surface area (Å²) in [5, 5.41) is 8.82. The van der Waals surface area contributed by atoms with Crippen molar-refractivity contribution < 1.29 is 0 Å². The second-order valence-electron chi connectivity index (χ2n) is 4.75. The maximum absolute atomic E-state index is 4.43. The molecule has 0 atom stereocenters. The van der Waals surface area contributed by atoms with E-state index in [2.05, 4.69) is 26.4 Å². The number of nitrogens with one attached hydrogen (secondary N) is 2. The van der Waals surface area contributed by atoms with Crippen molar-refractivity contribution >= 4 is 22.5 Å². The molecule has 21 heavy (non-hydrogen) atoms. The van der Waals surface area contributed by atoms with E-state index >= 15 is 0 Å². The molecule has 4 aromatic rings. The van der Waals surface area contributed by atoms with E-state index in [1.807, 2.05) is 54.7 Å². The molecular weight excluding hydrogens is 262 g/mol. The van der Waals surface area contributed by atoms with E-state index < -0.39 is 0 Å². The van der Waals surface area contributed by atoms with Gasteiger partial charge in [-0.25, -0.2) is 4.68 Å². The molecule has 4 rings (SSSR count). The fraction of sp³-hybridized carbons (Fsp3) is 0. The second-order valence-corrected chi connectivity index (χ2v) is 4.75. The van der Waals surface area contributed by atoms with Gasteiger partial charge in [0.05, 0.1) is 5.69 Å². The van der Waals surface area contributed by atoms with Gasteiger partial charge in [-0.3, -0.25) is 0 Å². The SMILES string of the molecule is c1ccc(-n2cnc(Nc3ccc4cc[nH]c4c3)n2)cc1. The lowest BCUT2D eigenvalue weighted by molar-refractivity contribution is 0.882. The van der Waals surface area contributed by atoms with Crippen LogP contribution >= 0.6 is 0 Å². The van der Waals surface area contributed by atoms with Crippen LogP contribution in [0, 0.1) is 0 Å². The monoisotopic (exact) mass is 275 g/mol. The van der Waals surface area contributed by atoms with Gasteiger partial charge in [0.2, 0.25) is 5.95 Å². The highest BCUT2D eigenvalue weighted by Crippen LogP contribution is 2.20. The van der Waals surface area contributed by atoms with Gasteiger partial charge in [0.15, 0.2) is 0 Å². The number of nitrogens with zero attached hydrogens (tertiary/aromatic N) is 3. The zero-order chi connectivity index (χ0) is 14.1. The van der Waals surface area contributed by atoms with E-state index in [0.29, 0.717) is 5.95 Å². The number of para-hydroxylation sites is 1. The average Bonchev–Trinajstić information content (AvgIpc) is 3.17. The first kappa shape index (κ1) is 11.7. The Morgan fingerprint density at radius 1 is 1.00 bits per heavy atom. The molecule has 2 N–H and O–H groups in total. The van der Waals surface area contributed by atoms with Gasteiger partial charge in [-0.15, -0.1) is 5.10 Å². The van der Waals surface area contributed by atoms with Crippen LogP contribution in [-0.2, 0) is 0 Å². The van der Waals surface area contributed by atoms with Crippen LogP contribution in [0.4, 0.5) is 11.6 Å². The Hall–Kier alpha value is -3.08. The lowest BCUT2D eigenvalue weighted by Gasteiger charge is -2.02. The minimum Gasteiger partial charge on any atom is -0.361 e. The summed E-state index contributed by atoms with van der Waals surface area (Å²) in [4.78, 5) is 7.48. The number of hydrogen-bond donors (Lipinski definition) is 2. The Labute approximate surface area is 121 Å². The quantitative estimate of drug-likeness (QED) is 0.601. The molecular formula is C16H13N5. The Bertz CT molecular complexity index is 876. The summed E-state index contributed by atoms with van der Waals surface area (Å²) in [5.74, 6) is 0.574. The normalized spacial score (nSPS) is 10.9. The number of aromatic amines is 1. The molecule has 0 aliphatic heterocycles. The third-order valence-electron chi connectivity index (χ3n) is 3.32. The van der Waals surface area contributed by atoms with Crippen molar-refractivity contribution in [2.45, 2.75) is 0 Å². The van der Waals surface area contributed by atoms with Crippen LogP contribution in [0.2, 0.25) is 0 Å². The minimum atomic E-state index is 0.574. The van der Waals surface area contributed by atoms with Gasteiger partial charge in [-0.2, -0.15) is 4.98 Å². The topological polar surface area (TPSA) is 58.5 Å². The maximum Gasteiger partial charge on any atom is 0.246 e. The smallest absolute Gasteiger partial charge is 0.246 e. The molecule has 0 amide bonds. The third-order valence-corrected chi connectivity index (χ3v) is 3.32. The van der Waals surface area contributed by atoms with E-state index in [-0.39, 0.29) is 0 Å². The van der Waals surface area contributed by atoms with Crippen LogP contribution in [0.3, 0.4) is 0 Å². The maximum atomic E-state index is 4.43. The summed E-state index contributed by atoms with van der Waals surface area (Å²) in [6, 6.07) is 18.1. The van der Waals surface area contributed by atoms with E-state index in [9.17, 15) is 0 Å². The number of H-pyrrole nitrogens is 1. The highest BCUT2D eigenvalue weighted by atomic mass is 15.4. The zero-order valence-electron chi connectivity index (χ0n) is 11.2. The number of aromatic nitrogens is 4. The number of fused-ring (bicyclic) bond motifs is 1. The summed E-state index contributed by atoms with van der Waals surface area (Å²) in [6.45, 7) is 0. The van der Waals surface area contributed by atoms with E-state index in [0.717, 1.165) is 16.9 Å². The van der Waals surface area contributed by atoms with Crippen LogP contribution in [0.25, 0.3) is 16.6 Å². The fourth-order valence-electron chi connectivity index (χ4n) is 2.28. The number of rotatable bonds is 3. The standard InChI is InChI=1S/C16H13N5/c1-2-4-14(5-3-1)21-11-18-16(20-21)19-13-7-6-12-8-9-17-15(12)10-13/h1-11,17H,(H,19,20). The van der Waals surface area contributed by atoms with Gasteiger partial charge in [0.1, 0.15) is 6.33 Å². The Morgan fingerprint density at radius 3 is 2.81 bits per heavy atom. The molecule has 0 unspecified atom stereocenters. The molecule has 0 fully saturated rings. The van der Waals surface area contributed by atoms with Crippen molar-refractivity contribution in [2.24, 2.45) is 0 Å². The first-order valence-corrected chi connectivity index (χ1v) is 6.70. The molecule has 0 saturated carbocycles. The van der Waals surface area contributed by atoms with Crippen molar-refractivity contribution in [3.05, 3.63) is 67.1 Å². The van der Waals surface area contributed by atoms with Crippen molar-refractivity contribution in [1.29, 1.82) is 0 Å². The molecule has 2 heterocycles. The van der Waals surface area contributed by atoms with Gasteiger partial charge in [-0.05, 0) is 35.7 Å². The predicted molar refractivity (Wildman–Crippen MR) is 82.9 cm³/mol. The van der Waals surface area contributed by atoms with Crippen LogP contribution in [0.5, 0.6) is 0 Å². The van der Waals surface area contributed by atoms with Crippen molar-refractivity contribution in [2.75, 3.05) is 5.32 Å². The van der Waals surface area contributed by atoms with Crippen LogP contribution in [0.1, 0.15) is 0 Å². The molecule has 0 aliphatic carbocycles. The molecule has 0 aliphatic rings. The lowest BCUT2D eigenvalue weighted by Crippen LogP contribution is -1.96. The highest BCUT2D eigenvalue weighted by molar-refractivity contribution is 5.83. The Kier molecular flexibility index (Phi) is 2.67. The van der Waals surface area contributed by atoms with Crippen molar-refractivity contribution in [3.8, 4) is 5.69 Å². The third kappa shape index (κ3) is 2.25. The molecule has 102 valence electrons. The van der Waals surface area contributed by atoms with Crippen LogP contribution in [0.15, 0.2) is 67.1 Å². The molecule has 5 nitrogen and oxygen atoms in total. The van der Waals surface area contributed by atoms with Crippen LogP contribution in [-0.4, -0.2) is 19.7 Å². The molecule has 0 radical (unpaired) electrons. The van der Waals surface area contributed by atoms with Crippen LogP contribution < -0.4 is 5.32 Å². The summed E-state index contributed by atoms with van der Waals surface area (Å²) < 4.78 is 1.75. The molecule has 0 bridgehead atoms. The second kappa shape index (κ2) is 4.79. The van der Waals surface area contributed by atoms with Gasteiger partial charge >= 0.3 is 0 Å². The van der Waals surface area contributed by atoms with Gasteiger partial charge in [0.25, 0.3) is 0 Å². The molecule has 2 aromatic carbocycles. The van der Waals surface area contributed by atoms with Crippen molar-refractivity contribution in [3.63, 3.8) is 0 Å². The van der Waals surface area contributed by atoms with Crippen molar-refractivity contribution in [1.82, 2.24) is 19.7 Å². The molecule has 5 heteroatoms. The Morgan fingerprint density at radius 2 is 1.90 bits per heavy atom. The Balaban J connectivity index is 1.61. The minimum absolute atomic E-state index is 0.574. The molecule has 2 aromatic heterocycles. The van der Waals surface area contributed by atoms with Gasteiger partial charge in [0, 0.05) is 17.4 Å². The largest absolute Gasteiger partial charge is 0.361 e. The first-order valence-electron chi connectivity index (χ1n) is 6.70. The predicted octanol–water partition coefficient (Wildman–Crippen LogP) is 3.49. The average molecular weight is 275 g/mol. The van der Waals surface area contributed by atoms with E-state index in [1.54, 1.807) is 11.0 Å². The summed E-state index contributed by atoms with van der Waals surface area (Å²) in [5.41, 5.74) is 3.02. The molecule has 0 saturated heterocycles. The summed E-state index contributed by atoms with van der Waals surface area (Å²) in [6.07, 6.45) is 3.63. The van der Waals surface area contributed by atoms with E-state index in [1.165, 1.54) is 5.39 Å². The summed E-state index contributed by atoms with van der Waals surface area (Å²) >= 11 is 0. The zero-order valence-corrected chi connectivity index (χ0v) is 11.2.